The van der Waals surface area contributed by atoms with E-state index in [0.717, 1.165) is 5.69 Å². The molecule has 22 heteroatoms. The van der Waals surface area contributed by atoms with Crippen LogP contribution >= 0.6 is 15.9 Å². The molecular formula is C46H56BrN7O13S. The first kappa shape index (κ1) is 52.3. The minimum absolute atomic E-state index is 0.00707. The summed E-state index contributed by atoms with van der Waals surface area (Å²) in [4.78, 5) is 28.5. The highest BCUT2D eigenvalue weighted by Gasteiger charge is 2.48. The third kappa shape index (κ3) is 13.8. The molecule has 1 saturated heterocycles. The lowest BCUT2D eigenvalue weighted by Crippen LogP contribution is -2.61. The number of aliphatic hydroxyl groups excluding tert-OH is 4. The zero-order valence-electron chi connectivity index (χ0n) is 37.7. The SMILES string of the molecule is CN(C)c1ccc(N=Nc2ccc(C(=O)CCc3cn(CCOCCO[C@H](O[C@@H]4O[C@H](CO)[C@H](O)[C@H](O)[C@H]4O)[C@@](C)(Br)C(=O)CCCNc4cccc5c(S(=O)(=O)O)cccc45)nn3)cc2)cc1. The van der Waals surface area contributed by atoms with Gasteiger partial charge in [-0.2, -0.15) is 18.6 Å². The first-order chi connectivity index (χ1) is 32.5. The number of aliphatic hydroxyl groups is 4. The number of benzene rings is 4. The van der Waals surface area contributed by atoms with E-state index < -0.39 is 58.0 Å². The number of carbonyl (C=O) groups is 2. The summed E-state index contributed by atoms with van der Waals surface area (Å²) in [5.74, 6) is -0.431. The molecule has 6 N–H and O–H groups in total. The van der Waals surface area contributed by atoms with Crippen LogP contribution < -0.4 is 10.2 Å². The monoisotopic (exact) mass is 1030 g/mol. The molecule has 6 rings (SSSR count). The van der Waals surface area contributed by atoms with Crippen molar-refractivity contribution in [3.63, 3.8) is 0 Å². The fourth-order valence-electron chi connectivity index (χ4n) is 7.20. The molecule has 1 fully saturated rings. The van der Waals surface area contributed by atoms with Gasteiger partial charge in [-0.3, -0.25) is 14.1 Å². The maximum absolute atomic E-state index is 13.8. The van der Waals surface area contributed by atoms with Crippen LogP contribution in [0.5, 0.6) is 0 Å². The number of anilines is 2. The van der Waals surface area contributed by atoms with Crippen LogP contribution in [0.3, 0.4) is 0 Å². The zero-order valence-corrected chi connectivity index (χ0v) is 40.1. The molecule has 20 nitrogen and oxygen atoms in total. The Morgan fingerprint density at radius 1 is 0.912 bits per heavy atom. The maximum atomic E-state index is 13.8. The molecule has 0 amide bonds. The molecule has 7 atom stereocenters. The molecule has 1 aliphatic rings. The summed E-state index contributed by atoms with van der Waals surface area (Å²) >= 11 is 3.46. The van der Waals surface area contributed by atoms with Crippen LogP contribution in [-0.2, 0) is 46.8 Å². The highest BCUT2D eigenvalue weighted by Crippen LogP contribution is 2.33. The highest BCUT2D eigenvalue weighted by atomic mass is 79.9. The number of aryl methyl sites for hydroxylation is 1. The van der Waals surface area contributed by atoms with Gasteiger partial charge in [0.2, 0.25) is 0 Å². The lowest BCUT2D eigenvalue weighted by Gasteiger charge is -2.42. The van der Waals surface area contributed by atoms with Gasteiger partial charge in [0.1, 0.15) is 33.6 Å². The molecule has 0 aliphatic carbocycles. The smallest absolute Gasteiger partial charge is 0.295 e. The van der Waals surface area contributed by atoms with E-state index in [9.17, 15) is 43.0 Å². The first-order valence-corrected chi connectivity index (χ1v) is 24.0. The normalized spacial score (nSPS) is 20.0. The van der Waals surface area contributed by atoms with Crippen LogP contribution in [0.1, 0.15) is 42.2 Å². The van der Waals surface area contributed by atoms with Crippen molar-refractivity contribution in [2.24, 2.45) is 10.2 Å². The number of aromatic nitrogens is 3. The van der Waals surface area contributed by atoms with Crippen molar-refractivity contribution in [1.82, 2.24) is 15.0 Å². The molecule has 0 spiro atoms. The predicted octanol–water partition coefficient (Wildman–Crippen LogP) is 4.77. The quantitative estimate of drug-likeness (QED) is 0.0115. The minimum Gasteiger partial charge on any atom is -0.394 e. The zero-order chi connectivity index (χ0) is 49.0. The fraction of sp³-hybridized carbons (Fsp3) is 0.435. The lowest BCUT2D eigenvalue weighted by molar-refractivity contribution is -0.339. The Balaban J connectivity index is 0.968. The summed E-state index contributed by atoms with van der Waals surface area (Å²) in [6.45, 7) is 1.54. The molecule has 0 unspecified atom stereocenters. The Morgan fingerprint density at radius 2 is 1.59 bits per heavy atom. The fourth-order valence-corrected chi connectivity index (χ4v) is 8.35. The van der Waals surface area contributed by atoms with Gasteiger partial charge < -0.3 is 49.6 Å². The molecule has 0 bridgehead atoms. The summed E-state index contributed by atoms with van der Waals surface area (Å²) in [6, 6.07) is 24.1. The van der Waals surface area contributed by atoms with Crippen LogP contribution in [0.25, 0.3) is 10.8 Å². The van der Waals surface area contributed by atoms with Crippen LogP contribution in [0.2, 0.25) is 0 Å². The Hall–Kier alpha value is -5.11. The first-order valence-electron chi connectivity index (χ1n) is 21.8. The molecule has 5 aromatic rings. The van der Waals surface area contributed by atoms with Crippen molar-refractivity contribution < 1.29 is 61.9 Å². The van der Waals surface area contributed by atoms with Gasteiger partial charge in [0.05, 0.1) is 50.0 Å². The van der Waals surface area contributed by atoms with Gasteiger partial charge in [-0.15, -0.1) is 5.10 Å². The summed E-state index contributed by atoms with van der Waals surface area (Å²) in [5.41, 5.74) is 4.15. The van der Waals surface area contributed by atoms with E-state index in [1.54, 1.807) is 59.4 Å². The molecule has 2 heterocycles. The highest BCUT2D eigenvalue weighted by molar-refractivity contribution is 9.10. The summed E-state index contributed by atoms with van der Waals surface area (Å²) in [6.07, 6.45) is -6.84. The largest absolute Gasteiger partial charge is 0.394 e. The number of hydrogen-bond acceptors (Lipinski definition) is 18. The topological polar surface area (TPSA) is 277 Å². The second-order valence-electron chi connectivity index (χ2n) is 16.4. The van der Waals surface area contributed by atoms with Gasteiger partial charge >= 0.3 is 0 Å². The van der Waals surface area contributed by atoms with Crippen LogP contribution in [0.4, 0.5) is 22.7 Å². The van der Waals surface area contributed by atoms with E-state index in [1.165, 1.54) is 19.1 Å². The summed E-state index contributed by atoms with van der Waals surface area (Å²) < 4.78 is 56.8. The number of hydrogen-bond donors (Lipinski definition) is 6. The molecule has 0 radical (unpaired) electrons. The molecule has 1 aromatic heterocycles. The van der Waals surface area contributed by atoms with Crippen LogP contribution in [0, 0.1) is 0 Å². The molecule has 1 aliphatic heterocycles. The van der Waals surface area contributed by atoms with E-state index >= 15 is 0 Å². The van der Waals surface area contributed by atoms with Crippen molar-refractivity contribution in [3.8, 4) is 0 Å². The number of ether oxygens (including phenoxy) is 4. The Labute approximate surface area is 401 Å². The molecule has 4 aromatic carbocycles. The Kier molecular flexibility index (Phi) is 18.4. The number of fused-ring (bicyclic) bond motifs is 1. The average Bonchev–Trinajstić information content (AvgIpc) is 3.79. The Morgan fingerprint density at radius 3 is 2.26 bits per heavy atom. The van der Waals surface area contributed by atoms with Gasteiger partial charge in [0.25, 0.3) is 10.1 Å². The van der Waals surface area contributed by atoms with Gasteiger partial charge in [-0.25, -0.2) is 4.68 Å². The standard InChI is InChI=1S/C46H56BrN7O13S/c1-46(47,40(57)11-6-22-48-36-9-4-8-35-34(36)7-5-10-39(35)68(61,62)63)45(67-44-43(60)42(59)41(58)38(28-55)66-44)65-26-25-64-24-23-54-27-32(51-52-54)18-21-37(56)29-12-14-30(15-13-29)49-50-31-16-19-33(20-17-31)53(2)3/h4-5,7-10,12-17,19-20,27,38,41-45,48,55,58-60H,6,11,18,21-26,28H2,1-3H3,(H,61,62,63)/t38-,41+,42+,43-,44+,45-,46+/m1/s1. The average molecular weight is 1030 g/mol. The molecular weight excluding hydrogens is 971 g/mol. The van der Waals surface area contributed by atoms with E-state index in [2.05, 4.69) is 41.8 Å². The number of carbonyl (C=O) groups excluding carboxylic acids is 2. The number of ketones is 2. The number of alkyl halides is 1. The third-order valence-corrected chi connectivity index (χ3v) is 12.9. The van der Waals surface area contributed by atoms with E-state index in [4.69, 9.17) is 18.9 Å². The van der Waals surface area contributed by atoms with E-state index in [0.29, 0.717) is 65.0 Å². The predicted molar refractivity (Wildman–Crippen MR) is 253 cm³/mol. The second-order valence-corrected chi connectivity index (χ2v) is 19.4. The third-order valence-electron chi connectivity index (χ3n) is 11.1. The maximum Gasteiger partial charge on any atom is 0.295 e. The number of Topliss-reactive ketones (excluding diaryl/α,β-unsaturated/α-hetero) is 2. The van der Waals surface area contributed by atoms with Gasteiger partial charge in [-0.05, 0) is 74.0 Å². The summed E-state index contributed by atoms with van der Waals surface area (Å²) in [5, 5.41) is 62.1. The number of rotatable bonds is 25. The van der Waals surface area contributed by atoms with Crippen LogP contribution in [0.15, 0.2) is 106 Å². The van der Waals surface area contributed by atoms with Crippen molar-refractivity contribution in [2.75, 3.05) is 57.3 Å². The molecule has 0 saturated carbocycles. The van der Waals surface area contributed by atoms with Gasteiger partial charge in [-0.1, -0.05) is 45.4 Å². The van der Waals surface area contributed by atoms with Gasteiger partial charge in [0, 0.05) is 73.8 Å². The van der Waals surface area contributed by atoms with Crippen LogP contribution in [-0.4, -0.2) is 148 Å². The minimum atomic E-state index is -4.46. The Bertz CT molecular complexity index is 2600. The lowest BCUT2D eigenvalue weighted by atomic mass is 9.98. The summed E-state index contributed by atoms with van der Waals surface area (Å²) in [7, 11) is -0.540. The molecule has 68 heavy (non-hydrogen) atoms. The van der Waals surface area contributed by atoms with Gasteiger partial charge in [0.15, 0.2) is 24.1 Å². The van der Waals surface area contributed by atoms with E-state index in [1.807, 2.05) is 43.3 Å². The number of nitrogens with one attached hydrogen (secondary N) is 1. The van der Waals surface area contributed by atoms with Crippen molar-refractivity contribution in [3.05, 3.63) is 102 Å². The second kappa shape index (κ2) is 23.9. The van der Waals surface area contributed by atoms with Crippen molar-refractivity contribution in [1.29, 1.82) is 0 Å². The number of nitrogens with zero attached hydrogens (tertiary/aromatic N) is 6. The number of halogens is 1. The van der Waals surface area contributed by atoms with E-state index in [-0.39, 0.29) is 49.1 Å². The number of azo groups is 1. The van der Waals surface area contributed by atoms with Crippen molar-refractivity contribution >= 4 is 71.1 Å². The van der Waals surface area contributed by atoms with Crippen molar-refractivity contribution in [2.45, 2.75) is 85.4 Å². The molecule has 366 valence electrons.